The van der Waals surface area contributed by atoms with Gasteiger partial charge in [-0.15, -0.1) is 0 Å². The van der Waals surface area contributed by atoms with E-state index in [9.17, 15) is 5.11 Å². The van der Waals surface area contributed by atoms with Gasteiger partial charge in [-0.3, -0.25) is 0 Å². The van der Waals surface area contributed by atoms with Crippen molar-refractivity contribution in [1.82, 2.24) is 9.44 Å². The number of ether oxygens (including phenoxy) is 1. The SMILES string of the molecule is CC1CCC=C(C2(COC3NSNC3O)CC2)C1. The van der Waals surface area contributed by atoms with E-state index >= 15 is 0 Å². The van der Waals surface area contributed by atoms with Crippen LogP contribution in [0.1, 0.15) is 39.0 Å². The average Bonchev–Trinajstić information content (AvgIpc) is 3.05. The van der Waals surface area contributed by atoms with Gasteiger partial charge in [0.25, 0.3) is 0 Å². The zero-order chi connectivity index (χ0) is 12.6. The van der Waals surface area contributed by atoms with E-state index < -0.39 is 6.23 Å². The lowest BCUT2D eigenvalue weighted by Crippen LogP contribution is -2.37. The molecule has 0 aromatic heterocycles. The lowest BCUT2D eigenvalue weighted by atomic mass is 9.82. The van der Waals surface area contributed by atoms with Crippen molar-refractivity contribution in [2.45, 2.75) is 51.5 Å². The van der Waals surface area contributed by atoms with Gasteiger partial charge in [0.05, 0.1) is 6.61 Å². The van der Waals surface area contributed by atoms with Crippen LogP contribution in [0, 0.1) is 11.3 Å². The summed E-state index contributed by atoms with van der Waals surface area (Å²) < 4.78 is 11.7. The van der Waals surface area contributed by atoms with Gasteiger partial charge in [-0.25, -0.2) is 9.44 Å². The van der Waals surface area contributed by atoms with Gasteiger partial charge in [0.15, 0.2) is 12.5 Å². The second kappa shape index (κ2) is 5.13. The average molecular weight is 270 g/mol. The Morgan fingerprint density at radius 2 is 2.33 bits per heavy atom. The van der Waals surface area contributed by atoms with E-state index in [2.05, 4.69) is 22.4 Å². The first kappa shape index (κ1) is 12.9. The molecule has 1 aliphatic heterocycles. The third kappa shape index (κ3) is 2.60. The Bertz CT molecular complexity index is 344. The number of aliphatic hydroxyl groups excluding tert-OH is 1. The van der Waals surface area contributed by atoms with Gasteiger partial charge in [0.1, 0.15) is 0 Å². The molecule has 0 spiro atoms. The number of nitrogens with one attached hydrogen (secondary N) is 2. The van der Waals surface area contributed by atoms with Crippen LogP contribution in [-0.2, 0) is 4.74 Å². The van der Waals surface area contributed by atoms with Gasteiger partial charge >= 0.3 is 0 Å². The predicted octanol–water partition coefficient (Wildman–Crippen LogP) is 1.93. The highest BCUT2D eigenvalue weighted by molar-refractivity contribution is 7.95. The van der Waals surface area contributed by atoms with Crippen LogP contribution in [0.15, 0.2) is 11.6 Å². The summed E-state index contributed by atoms with van der Waals surface area (Å²) in [5.41, 5.74) is 1.90. The summed E-state index contributed by atoms with van der Waals surface area (Å²) in [6.07, 6.45) is 7.81. The molecule has 1 saturated heterocycles. The molecular weight excluding hydrogens is 248 g/mol. The molecule has 2 fully saturated rings. The van der Waals surface area contributed by atoms with E-state index in [1.54, 1.807) is 5.57 Å². The molecule has 18 heavy (non-hydrogen) atoms. The maximum atomic E-state index is 9.62. The monoisotopic (exact) mass is 270 g/mol. The van der Waals surface area contributed by atoms with Gasteiger partial charge in [0, 0.05) is 17.5 Å². The Morgan fingerprint density at radius 3 is 2.94 bits per heavy atom. The van der Waals surface area contributed by atoms with E-state index in [0.29, 0.717) is 5.41 Å². The van der Waals surface area contributed by atoms with E-state index in [-0.39, 0.29) is 6.23 Å². The fourth-order valence-electron chi connectivity index (χ4n) is 2.90. The normalized spacial score (nSPS) is 38.6. The van der Waals surface area contributed by atoms with Crippen LogP contribution >= 0.6 is 12.1 Å². The van der Waals surface area contributed by atoms with Crippen molar-refractivity contribution in [3.63, 3.8) is 0 Å². The van der Waals surface area contributed by atoms with Crippen molar-refractivity contribution in [2.24, 2.45) is 11.3 Å². The summed E-state index contributed by atoms with van der Waals surface area (Å²) in [6, 6.07) is 0. The Balaban J connectivity index is 1.56. The number of allylic oxidation sites excluding steroid dienone is 1. The minimum atomic E-state index is -0.606. The first-order valence-electron chi connectivity index (χ1n) is 6.86. The maximum Gasteiger partial charge on any atom is 0.158 e. The molecule has 3 rings (SSSR count). The Morgan fingerprint density at radius 1 is 1.50 bits per heavy atom. The smallest absolute Gasteiger partial charge is 0.158 e. The molecule has 4 nitrogen and oxygen atoms in total. The molecular formula is C13H22N2O2S. The summed E-state index contributed by atoms with van der Waals surface area (Å²) >= 11 is 1.31. The fraction of sp³-hybridized carbons (Fsp3) is 0.846. The zero-order valence-corrected chi connectivity index (χ0v) is 11.6. The molecule has 1 saturated carbocycles. The molecule has 3 aliphatic rings. The summed E-state index contributed by atoms with van der Waals surface area (Å²) in [4.78, 5) is 0. The quantitative estimate of drug-likeness (QED) is 0.538. The van der Waals surface area contributed by atoms with Crippen molar-refractivity contribution >= 4 is 12.1 Å². The lowest BCUT2D eigenvalue weighted by molar-refractivity contribution is -0.0487. The molecule has 102 valence electrons. The molecule has 3 atom stereocenters. The van der Waals surface area contributed by atoms with Crippen LogP contribution in [0.25, 0.3) is 0 Å². The van der Waals surface area contributed by atoms with E-state index in [4.69, 9.17) is 4.74 Å². The molecule has 0 amide bonds. The van der Waals surface area contributed by atoms with Crippen molar-refractivity contribution < 1.29 is 9.84 Å². The van der Waals surface area contributed by atoms with Crippen LogP contribution in [-0.4, -0.2) is 24.2 Å². The Labute approximate surface area is 113 Å². The van der Waals surface area contributed by atoms with Gasteiger partial charge in [-0.1, -0.05) is 18.6 Å². The van der Waals surface area contributed by atoms with Crippen LogP contribution < -0.4 is 9.44 Å². The third-order valence-electron chi connectivity index (χ3n) is 4.33. The standard InChI is InChI=1S/C13H22N2O2S/c1-9-3-2-4-10(7-9)13(5-6-13)8-17-12-11(16)14-18-15-12/h4,9,11-12,14-16H,2-3,5-8H2,1H3. The summed E-state index contributed by atoms with van der Waals surface area (Å²) in [5.74, 6) is 0.815. The van der Waals surface area contributed by atoms with Gasteiger partial charge in [-0.2, -0.15) is 0 Å². The van der Waals surface area contributed by atoms with E-state index in [1.807, 2.05) is 0 Å². The number of hydrogen-bond donors (Lipinski definition) is 3. The van der Waals surface area contributed by atoms with Crippen molar-refractivity contribution in [1.29, 1.82) is 0 Å². The predicted molar refractivity (Wildman–Crippen MR) is 72.4 cm³/mol. The molecule has 5 heteroatoms. The van der Waals surface area contributed by atoms with Crippen molar-refractivity contribution in [3.05, 3.63) is 11.6 Å². The van der Waals surface area contributed by atoms with Crippen LogP contribution in [0.3, 0.4) is 0 Å². The second-order valence-electron chi connectivity index (χ2n) is 5.91. The van der Waals surface area contributed by atoms with Crippen LogP contribution in [0.2, 0.25) is 0 Å². The molecule has 0 aromatic carbocycles. The van der Waals surface area contributed by atoms with Gasteiger partial charge in [0.2, 0.25) is 0 Å². The molecule has 2 aliphatic carbocycles. The molecule has 0 aromatic rings. The van der Waals surface area contributed by atoms with Gasteiger partial charge < -0.3 is 9.84 Å². The van der Waals surface area contributed by atoms with Crippen molar-refractivity contribution in [2.75, 3.05) is 6.61 Å². The molecule has 0 radical (unpaired) electrons. The van der Waals surface area contributed by atoms with Gasteiger partial charge in [-0.05, 0) is 38.0 Å². The number of hydrogen-bond acceptors (Lipinski definition) is 5. The largest absolute Gasteiger partial charge is 0.373 e. The second-order valence-corrected chi connectivity index (χ2v) is 6.59. The zero-order valence-electron chi connectivity index (χ0n) is 10.8. The number of rotatable bonds is 4. The first-order chi connectivity index (χ1) is 8.70. The molecule has 3 unspecified atom stereocenters. The molecule has 0 bridgehead atoms. The minimum absolute atomic E-state index is 0.283. The van der Waals surface area contributed by atoms with E-state index in [0.717, 1.165) is 12.5 Å². The minimum Gasteiger partial charge on any atom is -0.373 e. The summed E-state index contributed by atoms with van der Waals surface area (Å²) in [6.45, 7) is 3.08. The van der Waals surface area contributed by atoms with E-state index in [1.165, 1.54) is 44.2 Å². The Kier molecular flexibility index (Phi) is 3.69. The summed E-state index contributed by atoms with van der Waals surface area (Å²) in [5, 5.41) is 9.62. The summed E-state index contributed by atoms with van der Waals surface area (Å²) in [7, 11) is 0. The highest BCUT2D eigenvalue weighted by Gasteiger charge is 2.47. The highest BCUT2D eigenvalue weighted by atomic mass is 32.2. The molecule has 3 N–H and O–H groups in total. The lowest BCUT2D eigenvalue weighted by Gasteiger charge is -2.27. The topological polar surface area (TPSA) is 53.5 Å². The first-order valence-corrected chi connectivity index (χ1v) is 7.67. The fourth-order valence-corrected chi connectivity index (χ4v) is 3.52. The maximum absolute atomic E-state index is 9.62. The third-order valence-corrected chi connectivity index (χ3v) is 5.04. The number of aliphatic hydroxyl groups is 1. The van der Waals surface area contributed by atoms with Crippen LogP contribution in [0.5, 0.6) is 0 Å². The Hall–Kier alpha value is -0.0700. The van der Waals surface area contributed by atoms with Crippen molar-refractivity contribution in [3.8, 4) is 0 Å². The van der Waals surface area contributed by atoms with Crippen LogP contribution in [0.4, 0.5) is 0 Å². The molecule has 1 heterocycles. The highest BCUT2D eigenvalue weighted by Crippen LogP contribution is 2.55.